The molecule has 5 aromatic rings. The fraction of sp³-hybridized carbons (Fsp3) is 0.111. The molecule has 0 aliphatic heterocycles. The number of rotatable bonds is 2. The third-order valence-electron chi connectivity index (χ3n) is 4.31. The van der Waals surface area contributed by atoms with Crippen LogP contribution in [0.15, 0.2) is 42.5 Å². The van der Waals surface area contributed by atoms with Crippen LogP contribution in [0.1, 0.15) is 17.0 Å². The topological polar surface area (TPSA) is 71.8 Å². The van der Waals surface area contributed by atoms with Crippen LogP contribution in [0.5, 0.6) is 0 Å². The molecule has 0 aliphatic carbocycles. The Balaban J connectivity index is 1.71. The number of hydrogen-bond donors (Lipinski definition) is 1. The standard InChI is InChI=1S/C18H13ClN6/c1-10-5-7-11(8-6-10)9-14-22-23-18-21-17-16(24-25(14)18)15-12(19)3-2-4-13(15)20-17/h2-8H,9H2,1H3,(H,20,21,23). The molecule has 0 radical (unpaired) electrons. The summed E-state index contributed by atoms with van der Waals surface area (Å²) in [5, 5.41) is 14.6. The molecule has 0 aliphatic rings. The van der Waals surface area contributed by atoms with E-state index in [4.69, 9.17) is 16.7 Å². The summed E-state index contributed by atoms with van der Waals surface area (Å²) in [6.45, 7) is 2.07. The van der Waals surface area contributed by atoms with Crippen LogP contribution in [0.2, 0.25) is 5.02 Å². The van der Waals surface area contributed by atoms with E-state index in [1.54, 1.807) is 4.52 Å². The predicted octanol–water partition coefficient (Wildman–Crippen LogP) is 3.71. The van der Waals surface area contributed by atoms with E-state index in [0.29, 0.717) is 22.9 Å². The zero-order valence-corrected chi connectivity index (χ0v) is 14.1. The van der Waals surface area contributed by atoms with E-state index < -0.39 is 0 Å². The molecule has 3 heterocycles. The summed E-state index contributed by atoms with van der Waals surface area (Å²) < 4.78 is 1.69. The maximum Gasteiger partial charge on any atom is 0.273 e. The van der Waals surface area contributed by atoms with Crippen molar-refractivity contribution in [3.63, 3.8) is 0 Å². The van der Waals surface area contributed by atoms with Gasteiger partial charge in [0.1, 0.15) is 5.52 Å². The number of hydrogen-bond acceptors (Lipinski definition) is 4. The number of aromatic nitrogens is 6. The number of halogens is 1. The first-order valence-electron chi connectivity index (χ1n) is 7.93. The van der Waals surface area contributed by atoms with Gasteiger partial charge in [0.15, 0.2) is 11.5 Å². The number of nitrogens with one attached hydrogen (secondary N) is 1. The molecule has 2 aromatic carbocycles. The fourth-order valence-electron chi connectivity index (χ4n) is 3.03. The minimum Gasteiger partial charge on any atom is -0.338 e. The Hall–Kier alpha value is -2.99. The van der Waals surface area contributed by atoms with Gasteiger partial charge in [0.05, 0.1) is 10.5 Å². The van der Waals surface area contributed by atoms with Gasteiger partial charge in [-0.2, -0.15) is 14.6 Å². The highest BCUT2D eigenvalue weighted by atomic mass is 35.5. The monoisotopic (exact) mass is 348 g/mol. The Morgan fingerprint density at radius 2 is 1.92 bits per heavy atom. The number of fused-ring (bicyclic) bond motifs is 4. The van der Waals surface area contributed by atoms with Crippen molar-refractivity contribution in [2.75, 3.05) is 0 Å². The summed E-state index contributed by atoms with van der Waals surface area (Å²) in [5.74, 6) is 1.21. The maximum atomic E-state index is 6.36. The van der Waals surface area contributed by atoms with Gasteiger partial charge in [-0.1, -0.05) is 47.5 Å². The van der Waals surface area contributed by atoms with Crippen molar-refractivity contribution in [3.05, 3.63) is 64.4 Å². The molecule has 7 heteroatoms. The van der Waals surface area contributed by atoms with E-state index in [1.165, 1.54) is 5.56 Å². The number of aromatic amines is 1. The van der Waals surface area contributed by atoms with E-state index in [1.807, 2.05) is 18.2 Å². The van der Waals surface area contributed by atoms with Crippen molar-refractivity contribution >= 4 is 39.4 Å². The zero-order chi connectivity index (χ0) is 17.0. The van der Waals surface area contributed by atoms with Crippen molar-refractivity contribution in [2.45, 2.75) is 13.3 Å². The Bertz CT molecular complexity index is 1240. The van der Waals surface area contributed by atoms with Gasteiger partial charge in [0, 0.05) is 11.8 Å². The maximum absolute atomic E-state index is 6.36. The third-order valence-corrected chi connectivity index (χ3v) is 4.63. The molecule has 3 aromatic heterocycles. The van der Waals surface area contributed by atoms with Gasteiger partial charge in [-0.05, 0) is 24.6 Å². The lowest BCUT2D eigenvalue weighted by Crippen LogP contribution is -2.01. The number of H-pyrrole nitrogens is 1. The summed E-state index contributed by atoms with van der Waals surface area (Å²) in [6.07, 6.45) is 0.637. The molecule has 5 rings (SSSR count). The summed E-state index contributed by atoms with van der Waals surface area (Å²) in [6, 6.07) is 14.1. The minimum atomic E-state index is 0.470. The highest BCUT2D eigenvalue weighted by Crippen LogP contribution is 2.29. The second-order valence-electron chi connectivity index (χ2n) is 6.09. The van der Waals surface area contributed by atoms with Crippen molar-refractivity contribution in [3.8, 4) is 0 Å². The summed E-state index contributed by atoms with van der Waals surface area (Å²) >= 11 is 6.36. The zero-order valence-electron chi connectivity index (χ0n) is 13.4. The normalized spacial score (nSPS) is 11.8. The molecular weight excluding hydrogens is 336 g/mol. The molecule has 0 fully saturated rings. The highest BCUT2D eigenvalue weighted by molar-refractivity contribution is 6.37. The van der Waals surface area contributed by atoms with Gasteiger partial charge < -0.3 is 4.98 Å². The predicted molar refractivity (Wildman–Crippen MR) is 96.9 cm³/mol. The number of aryl methyl sites for hydroxylation is 1. The average molecular weight is 349 g/mol. The van der Waals surface area contributed by atoms with Gasteiger partial charge in [0.2, 0.25) is 0 Å². The van der Waals surface area contributed by atoms with Crippen LogP contribution in [0, 0.1) is 6.92 Å². The van der Waals surface area contributed by atoms with E-state index in [-0.39, 0.29) is 0 Å². The van der Waals surface area contributed by atoms with E-state index >= 15 is 0 Å². The van der Waals surface area contributed by atoms with Crippen molar-refractivity contribution in [1.82, 2.24) is 29.8 Å². The molecule has 122 valence electrons. The molecule has 0 bridgehead atoms. The molecule has 0 spiro atoms. The molecule has 6 nitrogen and oxygen atoms in total. The molecule has 0 saturated carbocycles. The van der Waals surface area contributed by atoms with Crippen LogP contribution in [0.25, 0.3) is 27.8 Å². The molecule has 0 unspecified atom stereocenters. The van der Waals surface area contributed by atoms with Crippen LogP contribution < -0.4 is 0 Å². The third kappa shape index (κ3) is 2.26. The summed E-state index contributed by atoms with van der Waals surface area (Å²) in [7, 11) is 0. The highest BCUT2D eigenvalue weighted by Gasteiger charge is 2.15. The van der Waals surface area contributed by atoms with Crippen molar-refractivity contribution < 1.29 is 0 Å². The van der Waals surface area contributed by atoms with Crippen LogP contribution in [0.3, 0.4) is 0 Å². The Labute approximate surface area is 147 Å². The first kappa shape index (κ1) is 14.4. The molecule has 25 heavy (non-hydrogen) atoms. The first-order valence-corrected chi connectivity index (χ1v) is 8.30. The smallest absolute Gasteiger partial charge is 0.273 e. The van der Waals surface area contributed by atoms with E-state index in [0.717, 1.165) is 27.8 Å². The lowest BCUT2D eigenvalue weighted by atomic mass is 10.1. The summed E-state index contributed by atoms with van der Waals surface area (Å²) in [5.41, 5.74) is 4.66. The number of benzene rings is 2. The fourth-order valence-corrected chi connectivity index (χ4v) is 3.29. The average Bonchev–Trinajstić information content (AvgIpc) is 3.16. The first-order chi connectivity index (χ1) is 12.2. The quantitative estimate of drug-likeness (QED) is 0.528. The van der Waals surface area contributed by atoms with Crippen molar-refractivity contribution in [1.29, 1.82) is 0 Å². The van der Waals surface area contributed by atoms with E-state index in [9.17, 15) is 0 Å². The van der Waals surface area contributed by atoms with Crippen molar-refractivity contribution in [2.24, 2.45) is 0 Å². The van der Waals surface area contributed by atoms with Crippen LogP contribution >= 0.6 is 11.6 Å². The molecule has 0 amide bonds. The Morgan fingerprint density at radius 1 is 1.08 bits per heavy atom. The SMILES string of the molecule is Cc1ccc(Cc2nnc3nc4[nH]c5cccc(Cl)c5c4nn23)cc1. The van der Waals surface area contributed by atoms with Crippen LogP contribution in [-0.2, 0) is 6.42 Å². The van der Waals surface area contributed by atoms with Gasteiger partial charge in [-0.3, -0.25) is 0 Å². The molecule has 0 atom stereocenters. The Kier molecular flexibility index (Phi) is 3.02. The number of nitrogens with zero attached hydrogens (tertiary/aromatic N) is 5. The Morgan fingerprint density at radius 3 is 2.76 bits per heavy atom. The second-order valence-corrected chi connectivity index (χ2v) is 6.49. The van der Waals surface area contributed by atoms with Gasteiger partial charge in [-0.15, -0.1) is 10.2 Å². The van der Waals surface area contributed by atoms with Gasteiger partial charge >= 0.3 is 0 Å². The summed E-state index contributed by atoms with van der Waals surface area (Å²) in [4.78, 5) is 7.78. The van der Waals surface area contributed by atoms with Crippen LogP contribution in [-0.4, -0.2) is 29.8 Å². The van der Waals surface area contributed by atoms with E-state index in [2.05, 4.69) is 51.4 Å². The largest absolute Gasteiger partial charge is 0.338 e. The minimum absolute atomic E-state index is 0.470. The lowest BCUT2D eigenvalue weighted by Gasteiger charge is -2.01. The van der Waals surface area contributed by atoms with Gasteiger partial charge in [-0.25, -0.2) is 0 Å². The molecular formula is C18H13ClN6. The second kappa shape index (κ2) is 5.26. The van der Waals surface area contributed by atoms with Crippen LogP contribution in [0.4, 0.5) is 0 Å². The lowest BCUT2D eigenvalue weighted by molar-refractivity contribution is 0.847. The van der Waals surface area contributed by atoms with Gasteiger partial charge in [0.25, 0.3) is 5.78 Å². The molecule has 0 saturated heterocycles. The molecule has 1 N–H and O–H groups in total.